The lowest BCUT2D eigenvalue weighted by atomic mass is 9.88. The number of ether oxygens (including phenoxy) is 2. The van der Waals surface area contributed by atoms with E-state index in [0.717, 1.165) is 18.4 Å². The summed E-state index contributed by atoms with van der Waals surface area (Å²) in [6.07, 6.45) is 1.98. The molecule has 0 radical (unpaired) electrons. The van der Waals surface area contributed by atoms with E-state index in [1.54, 1.807) is 13.2 Å². The molecule has 0 saturated heterocycles. The molecule has 0 aromatic heterocycles. The third-order valence-corrected chi connectivity index (χ3v) is 3.88. The van der Waals surface area contributed by atoms with Crippen molar-refractivity contribution in [2.45, 2.75) is 37.8 Å². The van der Waals surface area contributed by atoms with Crippen LogP contribution in [0.3, 0.4) is 0 Å². The zero-order valence-corrected chi connectivity index (χ0v) is 11.1. The molecule has 18 heavy (non-hydrogen) atoms. The Balaban J connectivity index is 2.47. The average Bonchev–Trinajstić information content (AvgIpc) is 3.13. The van der Waals surface area contributed by atoms with Gasteiger partial charge in [0.2, 0.25) is 0 Å². The number of rotatable bonds is 5. The van der Waals surface area contributed by atoms with Gasteiger partial charge in [-0.1, -0.05) is 12.1 Å². The maximum Gasteiger partial charge on any atom is 0.170 e. The topological polar surface area (TPSA) is 44.5 Å². The summed E-state index contributed by atoms with van der Waals surface area (Å²) in [4.78, 5) is 0. The van der Waals surface area contributed by atoms with Crippen molar-refractivity contribution < 1.29 is 13.9 Å². The second-order valence-electron chi connectivity index (χ2n) is 5.00. The van der Waals surface area contributed by atoms with E-state index in [0.29, 0.717) is 11.3 Å². The van der Waals surface area contributed by atoms with Crippen molar-refractivity contribution in [2.24, 2.45) is 5.73 Å². The fourth-order valence-corrected chi connectivity index (χ4v) is 2.56. The van der Waals surface area contributed by atoms with E-state index in [9.17, 15) is 4.39 Å². The van der Waals surface area contributed by atoms with E-state index in [1.165, 1.54) is 7.11 Å². The Kier molecular flexibility index (Phi) is 3.59. The Labute approximate surface area is 107 Å². The molecule has 100 valence electrons. The van der Waals surface area contributed by atoms with E-state index in [1.807, 2.05) is 13.0 Å². The molecule has 2 N–H and O–H groups in total. The molecule has 0 bridgehead atoms. The Bertz CT molecular complexity index is 442. The molecule has 1 aliphatic carbocycles. The molecule has 0 spiro atoms. The summed E-state index contributed by atoms with van der Waals surface area (Å²) in [5.41, 5.74) is 7.32. The first-order valence-electron chi connectivity index (χ1n) is 6.17. The zero-order valence-electron chi connectivity index (χ0n) is 11.1. The average molecular weight is 253 g/mol. The lowest BCUT2D eigenvalue weighted by Crippen LogP contribution is -2.32. The smallest absolute Gasteiger partial charge is 0.170 e. The summed E-state index contributed by atoms with van der Waals surface area (Å²) < 4.78 is 24.5. The first-order chi connectivity index (χ1) is 8.56. The predicted octanol–water partition coefficient (Wildman–Crippen LogP) is 2.36. The SMILES string of the molecule is COCc1ccc(C2(C(C)N)CC2)c(OC)c1F. The molecule has 2 rings (SSSR count). The van der Waals surface area contributed by atoms with Crippen molar-refractivity contribution in [2.75, 3.05) is 14.2 Å². The van der Waals surface area contributed by atoms with Crippen molar-refractivity contribution in [3.05, 3.63) is 29.1 Å². The number of nitrogens with two attached hydrogens (primary N) is 1. The van der Waals surface area contributed by atoms with E-state index >= 15 is 0 Å². The summed E-state index contributed by atoms with van der Waals surface area (Å²) in [6, 6.07) is 3.69. The first kappa shape index (κ1) is 13.3. The minimum atomic E-state index is -0.330. The Hall–Kier alpha value is -1.13. The Morgan fingerprint density at radius 2 is 2.06 bits per heavy atom. The van der Waals surface area contributed by atoms with Crippen LogP contribution in [0.25, 0.3) is 0 Å². The highest BCUT2D eigenvalue weighted by Crippen LogP contribution is 2.53. The fraction of sp³-hybridized carbons (Fsp3) is 0.571. The molecule has 1 aliphatic rings. The van der Waals surface area contributed by atoms with Crippen LogP contribution >= 0.6 is 0 Å². The maximum absolute atomic E-state index is 14.3. The van der Waals surface area contributed by atoms with E-state index in [-0.39, 0.29) is 23.9 Å². The Morgan fingerprint density at radius 1 is 1.39 bits per heavy atom. The summed E-state index contributed by atoms with van der Waals surface area (Å²) >= 11 is 0. The van der Waals surface area contributed by atoms with Crippen LogP contribution in [-0.2, 0) is 16.8 Å². The van der Waals surface area contributed by atoms with Crippen LogP contribution in [-0.4, -0.2) is 20.3 Å². The van der Waals surface area contributed by atoms with Crippen molar-refractivity contribution in [1.29, 1.82) is 0 Å². The number of methoxy groups -OCH3 is 2. The third kappa shape index (κ3) is 1.99. The standard InChI is InChI=1S/C14H20FNO2/c1-9(16)14(6-7-14)11-5-4-10(8-17-2)12(15)13(11)18-3/h4-5,9H,6-8,16H2,1-3H3. The monoisotopic (exact) mass is 253 g/mol. The first-order valence-corrected chi connectivity index (χ1v) is 6.17. The maximum atomic E-state index is 14.3. The van der Waals surface area contributed by atoms with Gasteiger partial charge in [0.1, 0.15) is 0 Å². The molecule has 1 aromatic rings. The van der Waals surface area contributed by atoms with Gasteiger partial charge >= 0.3 is 0 Å². The predicted molar refractivity (Wildman–Crippen MR) is 68.2 cm³/mol. The van der Waals surface area contributed by atoms with Gasteiger partial charge in [-0.25, -0.2) is 4.39 Å². The van der Waals surface area contributed by atoms with Crippen molar-refractivity contribution in [3.63, 3.8) is 0 Å². The summed E-state index contributed by atoms with van der Waals surface area (Å²) in [7, 11) is 3.04. The molecule has 1 atom stereocenters. The van der Waals surface area contributed by atoms with Gasteiger partial charge in [-0.3, -0.25) is 0 Å². The summed E-state index contributed by atoms with van der Waals surface area (Å²) in [5.74, 6) is -0.0110. The largest absolute Gasteiger partial charge is 0.493 e. The lowest BCUT2D eigenvalue weighted by Gasteiger charge is -2.23. The van der Waals surface area contributed by atoms with Gasteiger partial charge in [0, 0.05) is 29.7 Å². The molecule has 0 aliphatic heterocycles. The van der Waals surface area contributed by atoms with Crippen LogP contribution < -0.4 is 10.5 Å². The van der Waals surface area contributed by atoms with Gasteiger partial charge in [0.15, 0.2) is 11.6 Å². The quantitative estimate of drug-likeness (QED) is 0.876. The van der Waals surface area contributed by atoms with E-state index < -0.39 is 0 Å². The van der Waals surface area contributed by atoms with Gasteiger partial charge in [0.05, 0.1) is 13.7 Å². The highest BCUT2D eigenvalue weighted by atomic mass is 19.1. The summed E-state index contributed by atoms with van der Waals surface area (Å²) in [5, 5.41) is 0. The second kappa shape index (κ2) is 4.86. The normalized spacial score (nSPS) is 18.5. The molecular weight excluding hydrogens is 233 g/mol. The number of hydrogen-bond donors (Lipinski definition) is 1. The summed E-state index contributed by atoms with van der Waals surface area (Å²) in [6.45, 7) is 2.21. The van der Waals surface area contributed by atoms with E-state index in [2.05, 4.69) is 0 Å². The van der Waals surface area contributed by atoms with Crippen molar-refractivity contribution in [1.82, 2.24) is 0 Å². The molecule has 1 unspecified atom stereocenters. The van der Waals surface area contributed by atoms with Gasteiger partial charge in [-0.15, -0.1) is 0 Å². The highest BCUT2D eigenvalue weighted by molar-refractivity contribution is 5.48. The molecule has 0 heterocycles. The van der Waals surface area contributed by atoms with E-state index in [4.69, 9.17) is 15.2 Å². The Morgan fingerprint density at radius 3 is 2.50 bits per heavy atom. The number of hydrogen-bond acceptors (Lipinski definition) is 3. The minimum Gasteiger partial charge on any atom is -0.493 e. The zero-order chi connectivity index (χ0) is 13.3. The molecule has 1 fully saturated rings. The minimum absolute atomic E-state index is 0.000856. The van der Waals surface area contributed by atoms with Gasteiger partial charge in [-0.05, 0) is 19.8 Å². The molecule has 0 amide bonds. The van der Waals surface area contributed by atoms with Crippen LogP contribution in [0.1, 0.15) is 30.9 Å². The van der Waals surface area contributed by atoms with Crippen LogP contribution in [0, 0.1) is 5.82 Å². The molecule has 4 heteroatoms. The van der Waals surface area contributed by atoms with Crippen LogP contribution in [0.2, 0.25) is 0 Å². The fourth-order valence-electron chi connectivity index (χ4n) is 2.56. The van der Waals surface area contributed by atoms with Gasteiger partial charge < -0.3 is 15.2 Å². The second-order valence-corrected chi connectivity index (χ2v) is 5.00. The molecular formula is C14H20FNO2. The highest BCUT2D eigenvalue weighted by Gasteiger charge is 2.49. The molecule has 1 aromatic carbocycles. The van der Waals surface area contributed by atoms with Gasteiger partial charge in [0.25, 0.3) is 0 Å². The third-order valence-electron chi connectivity index (χ3n) is 3.88. The van der Waals surface area contributed by atoms with Crippen LogP contribution in [0.4, 0.5) is 4.39 Å². The molecule has 1 saturated carbocycles. The van der Waals surface area contributed by atoms with Crippen LogP contribution in [0.5, 0.6) is 5.75 Å². The lowest BCUT2D eigenvalue weighted by molar-refractivity contribution is 0.180. The van der Waals surface area contributed by atoms with Gasteiger partial charge in [-0.2, -0.15) is 0 Å². The number of halogens is 1. The number of benzene rings is 1. The van der Waals surface area contributed by atoms with Crippen molar-refractivity contribution in [3.8, 4) is 5.75 Å². The van der Waals surface area contributed by atoms with Crippen LogP contribution in [0.15, 0.2) is 12.1 Å². The van der Waals surface area contributed by atoms with Crippen molar-refractivity contribution >= 4 is 0 Å². The molecule has 3 nitrogen and oxygen atoms in total.